The van der Waals surface area contributed by atoms with Gasteiger partial charge in [0.2, 0.25) is 0 Å². The number of carbonyl (C=O) groups excluding carboxylic acids is 1. The molecule has 1 fully saturated rings. The van der Waals surface area contributed by atoms with Crippen molar-refractivity contribution < 1.29 is 9.53 Å². The number of rotatable bonds is 4. The van der Waals surface area contributed by atoms with Gasteiger partial charge < -0.3 is 4.74 Å². The van der Waals surface area contributed by atoms with Gasteiger partial charge >= 0.3 is 5.97 Å². The average Bonchev–Trinajstić information content (AvgIpc) is 1.98. The minimum absolute atomic E-state index is 0.00697. The molecule has 1 saturated heterocycles. The highest BCUT2D eigenvalue weighted by Gasteiger charge is 2.45. The zero-order chi connectivity index (χ0) is 11.0. The van der Waals surface area contributed by atoms with Crippen LogP contribution in [0.5, 0.6) is 0 Å². The second-order valence-corrected chi connectivity index (χ2v) is 5.54. The van der Waals surface area contributed by atoms with E-state index in [-0.39, 0.29) is 22.7 Å². The van der Waals surface area contributed by atoms with Crippen molar-refractivity contribution in [2.24, 2.45) is 16.7 Å². The van der Waals surface area contributed by atoms with Crippen molar-refractivity contribution in [2.75, 3.05) is 6.61 Å². The Morgan fingerprint density at radius 1 is 1.50 bits per heavy atom. The molecule has 2 heteroatoms. The summed E-state index contributed by atoms with van der Waals surface area (Å²) in [6, 6.07) is 0. The molecule has 1 rings (SSSR count). The van der Waals surface area contributed by atoms with Crippen LogP contribution in [0.15, 0.2) is 12.7 Å². The van der Waals surface area contributed by atoms with E-state index in [4.69, 9.17) is 4.74 Å². The number of allylic oxidation sites excluding steroid dienone is 1. The number of carbonyl (C=O) groups is 1. The second kappa shape index (κ2) is 3.41. The van der Waals surface area contributed by atoms with Crippen molar-refractivity contribution in [3.63, 3.8) is 0 Å². The van der Waals surface area contributed by atoms with Crippen LogP contribution in [0.2, 0.25) is 0 Å². The van der Waals surface area contributed by atoms with E-state index in [9.17, 15) is 4.79 Å². The summed E-state index contributed by atoms with van der Waals surface area (Å²) >= 11 is 0. The summed E-state index contributed by atoms with van der Waals surface area (Å²) in [5.74, 6) is 0.0246. The molecule has 0 aliphatic carbocycles. The summed E-state index contributed by atoms with van der Waals surface area (Å²) < 4.78 is 4.81. The molecule has 0 aromatic carbocycles. The Morgan fingerprint density at radius 2 is 2.07 bits per heavy atom. The lowest BCUT2D eigenvalue weighted by molar-refractivity contribution is -0.179. The van der Waals surface area contributed by atoms with E-state index in [0.717, 1.165) is 6.42 Å². The monoisotopic (exact) mass is 196 g/mol. The number of cyclic esters (lactones) is 1. The summed E-state index contributed by atoms with van der Waals surface area (Å²) in [5.41, 5.74) is 0.0897. The molecule has 0 N–H and O–H groups in total. The first-order valence-corrected chi connectivity index (χ1v) is 5.09. The minimum atomic E-state index is -0.0464. The van der Waals surface area contributed by atoms with Crippen molar-refractivity contribution in [3.05, 3.63) is 12.7 Å². The fraction of sp³-hybridized carbons (Fsp3) is 0.750. The van der Waals surface area contributed by atoms with E-state index < -0.39 is 0 Å². The van der Waals surface area contributed by atoms with E-state index in [1.165, 1.54) is 0 Å². The normalized spacial score (nSPS) is 22.6. The fourth-order valence-electron chi connectivity index (χ4n) is 2.15. The van der Waals surface area contributed by atoms with Gasteiger partial charge in [-0.3, -0.25) is 4.79 Å². The minimum Gasteiger partial charge on any atom is -0.464 e. The van der Waals surface area contributed by atoms with Crippen molar-refractivity contribution in [3.8, 4) is 0 Å². The summed E-state index contributed by atoms with van der Waals surface area (Å²) in [6.07, 6.45) is 2.92. The Morgan fingerprint density at radius 3 is 2.36 bits per heavy atom. The molecule has 0 bridgehead atoms. The van der Waals surface area contributed by atoms with Crippen LogP contribution in [0, 0.1) is 16.7 Å². The first kappa shape index (κ1) is 11.3. The predicted octanol–water partition coefficient (Wildman–Crippen LogP) is 2.79. The summed E-state index contributed by atoms with van der Waals surface area (Å²) in [4.78, 5) is 11.2. The zero-order valence-corrected chi connectivity index (χ0v) is 9.59. The van der Waals surface area contributed by atoms with Crippen molar-refractivity contribution in [1.29, 1.82) is 0 Å². The average molecular weight is 196 g/mol. The van der Waals surface area contributed by atoms with Gasteiger partial charge in [-0.15, -0.1) is 6.58 Å². The highest BCUT2D eigenvalue weighted by atomic mass is 16.6. The van der Waals surface area contributed by atoms with Gasteiger partial charge in [-0.2, -0.15) is 0 Å². The van der Waals surface area contributed by atoms with E-state index in [0.29, 0.717) is 6.61 Å². The number of esters is 1. The molecule has 0 saturated carbocycles. The molecule has 1 heterocycles. The van der Waals surface area contributed by atoms with Gasteiger partial charge in [0.05, 0.1) is 5.92 Å². The molecule has 1 atom stereocenters. The molecule has 0 aromatic heterocycles. The Bertz CT molecular complexity index is 251. The topological polar surface area (TPSA) is 26.3 Å². The maximum atomic E-state index is 11.2. The second-order valence-electron chi connectivity index (χ2n) is 5.54. The van der Waals surface area contributed by atoms with E-state index >= 15 is 0 Å². The summed E-state index contributed by atoms with van der Waals surface area (Å²) in [5, 5.41) is 0. The van der Waals surface area contributed by atoms with Crippen LogP contribution in [0.3, 0.4) is 0 Å². The van der Waals surface area contributed by atoms with Crippen LogP contribution in [-0.2, 0) is 9.53 Å². The van der Waals surface area contributed by atoms with Gasteiger partial charge in [-0.05, 0) is 17.3 Å². The third kappa shape index (κ3) is 2.17. The van der Waals surface area contributed by atoms with Gasteiger partial charge in [0.25, 0.3) is 0 Å². The first-order chi connectivity index (χ1) is 6.28. The van der Waals surface area contributed by atoms with Crippen LogP contribution in [0.25, 0.3) is 0 Å². The van der Waals surface area contributed by atoms with Gasteiger partial charge in [0, 0.05) is 0 Å². The van der Waals surface area contributed by atoms with E-state index in [1.807, 2.05) is 6.08 Å². The standard InChI is InChI=1S/C12H20O2/c1-6-11(2,3)8-12(4,5)9-7-14-10(9)13/h6,9H,1,7-8H2,2-5H3/t9-/m1/s1. The van der Waals surface area contributed by atoms with Gasteiger partial charge in [0.1, 0.15) is 6.61 Å². The lowest BCUT2D eigenvalue weighted by Gasteiger charge is -2.41. The lowest BCUT2D eigenvalue weighted by Crippen LogP contribution is -2.46. The Labute approximate surface area is 86.3 Å². The van der Waals surface area contributed by atoms with Crippen LogP contribution in [0.1, 0.15) is 34.1 Å². The molecule has 0 radical (unpaired) electrons. The largest absolute Gasteiger partial charge is 0.464 e. The quantitative estimate of drug-likeness (QED) is 0.510. The summed E-state index contributed by atoms with van der Waals surface area (Å²) in [7, 11) is 0. The zero-order valence-electron chi connectivity index (χ0n) is 9.59. The van der Waals surface area contributed by atoms with Gasteiger partial charge in [-0.25, -0.2) is 0 Å². The lowest BCUT2D eigenvalue weighted by atomic mass is 9.67. The number of ether oxygens (including phenoxy) is 1. The molecule has 0 amide bonds. The van der Waals surface area contributed by atoms with Crippen LogP contribution < -0.4 is 0 Å². The molecule has 14 heavy (non-hydrogen) atoms. The molecule has 0 unspecified atom stereocenters. The SMILES string of the molecule is C=CC(C)(C)CC(C)(C)[C@@H]1COC1=O. The molecular weight excluding hydrogens is 176 g/mol. The van der Waals surface area contributed by atoms with Crippen LogP contribution in [0.4, 0.5) is 0 Å². The maximum Gasteiger partial charge on any atom is 0.312 e. The summed E-state index contributed by atoms with van der Waals surface area (Å²) in [6.45, 7) is 13.0. The molecule has 80 valence electrons. The third-order valence-electron chi connectivity index (χ3n) is 3.08. The smallest absolute Gasteiger partial charge is 0.312 e. The Hall–Kier alpha value is -0.790. The highest BCUT2D eigenvalue weighted by molar-refractivity contribution is 5.78. The van der Waals surface area contributed by atoms with Gasteiger partial charge in [0.15, 0.2) is 0 Å². The predicted molar refractivity (Wildman–Crippen MR) is 56.8 cm³/mol. The molecule has 0 spiro atoms. The van der Waals surface area contributed by atoms with Crippen LogP contribution in [-0.4, -0.2) is 12.6 Å². The Kier molecular flexibility index (Phi) is 2.75. The van der Waals surface area contributed by atoms with E-state index in [1.54, 1.807) is 0 Å². The molecule has 0 aromatic rings. The molecule has 1 aliphatic rings. The molecule has 1 aliphatic heterocycles. The van der Waals surface area contributed by atoms with Gasteiger partial charge in [-0.1, -0.05) is 33.8 Å². The first-order valence-electron chi connectivity index (χ1n) is 5.09. The van der Waals surface area contributed by atoms with E-state index in [2.05, 4.69) is 34.3 Å². The van der Waals surface area contributed by atoms with Crippen molar-refractivity contribution >= 4 is 5.97 Å². The number of hydrogen-bond acceptors (Lipinski definition) is 2. The highest BCUT2D eigenvalue weighted by Crippen LogP contribution is 2.43. The molecule has 2 nitrogen and oxygen atoms in total. The van der Waals surface area contributed by atoms with Crippen molar-refractivity contribution in [1.82, 2.24) is 0 Å². The van der Waals surface area contributed by atoms with Crippen molar-refractivity contribution in [2.45, 2.75) is 34.1 Å². The fourth-order valence-corrected chi connectivity index (χ4v) is 2.15. The Balaban J connectivity index is 2.66. The third-order valence-corrected chi connectivity index (χ3v) is 3.08. The van der Waals surface area contributed by atoms with Crippen LogP contribution >= 0.6 is 0 Å². The maximum absolute atomic E-state index is 11.2. The molecular formula is C12H20O2. The number of hydrogen-bond donors (Lipinski definition) is 0.